The third-order valence-corrected chi connectivity index (χ3v) is 5.44. The van der Waals surface area contributed by atoms with E-state index >= 15 is 0 Å². The summed E-state index contributed by atoms with van der Waals surface area (Å²) in [4.78, 5) is 25.8. The zero-order valence-corrected chi connectivity index (χ0v) is 15.8. The van der Waals surface area contributed by atoms with Crippen LogP contribution in [0.1, 0.15) is 12.0 Å². The Bertz CT molecular complexity index is 624. The van der Waals surface area contributed by atoms with Crippen LogP contribution < -0.4 is 0 Å². The summed E-state index contributed by atoms with van der Waals surface area (Å²) in [5, 5.41) is 11.4. The summed E-state index contributed by atoms with van der Waals surface area (Å²) in [5.41, 5.74) is 1.37. The van der Waals surface area contributed by atoms with Crippen molar-refractivity contribution >= 4 is 23.2 Å². The van der Waals surface area contributed by atoms with Gasteiger partial charge in [0.1, 0.15) is 0 Å². The maximum atomic E-state index is 12.5. The number of carboxylic acids is 1. The number of carboxylic acid groups (broad SMARTS) is 1. The van der Waals surface area contributed by atoms with Crippen LogP contribution in [0.15, 0.2) is 16.8 Å². The van der Waals surface area contributed by atoms with Crippen molar-refractivity contribution in [2.75, 3.05) is 39.9 Å². The van der Waals surface area contributed by atoms with Gasteiger partial charge in [0.25, 0.3) is 0 Å². The number of likely N-dealkylation sites (tertiary alicyclic amines) is 2. The van der Waals surface area contributed by atoms with Gasteiger partial charge >= 0.3 is 12.1 Å². The number of aliphatic carboxylic acids is 1. The quantitative estimate of drug-likeness (QED) is 0.810. The normalized spacial score (nSPS) is 23.0. The van der Waals surface area contributed by atoms with Gasteiger partial charge in [-0.05, 0) is 34.7 Å². The minimum absolute atomic E-state index is 0.208. The van der Waals surface area contributed by atoms with Crippen molar-refractivity contribution in [2.24, 2.45) is 11.8 Å². The average Bonchev–Trinajstić information content (AvgIpc) is 3.24. The summed E-state index contributed by atoms with van der Waals surface area (Å²) in [6.45, 7) is 5.26. The molecule has 0 saturated carbocycles. The number of methoxy groups -OCH3 is 1. The summed E-state index contributed by atoms with van der Waals surface area (Å²) in [5.74, 6) is -1.65. The molecule has 10 heteroatoms. The van der Waals surface area contributed by atoms with Crippen LogP contribution in [0.3, 0.4) is 0 Å². The van der Waals surface area contributed by atoms with Crippen LogP contribution >= 0.6 is 11.3 Å². The highest BCUT2D eigenvalue weighted by Crippen LogP contribution is 2.33. The van der Waals surface area contributed by atoms with Gasteiger partial charge in [0.15, 0.2) is 0 Å². The summed E-state index contributed by atoms with van der Waals surface area (Å²) in [7, 11) is 1.69. The van der Waals surface area contributed by atoms with E-state index in [1.165, 1.54) is 5.56 Å². The van der Waals surface area contributed by atoms with Crippen LogP contribution in [0.5, 0.6) is 0 Å². The van der Waals surface area contributed by atoms with Gasteiger partial charge in [-0.25, -0.2) is 4.79 Å². The summed E-state index contributed by atoms with van der Waals surface area (Å²) < 4.78 is 36.8. The first kappa shape index (κ1) is 21.6. The van der Waals surface area contributed by atoms with Gasteiger partial charge in [-0.2, -0.15) is 24.5 Å². The Kier molecular flexibility index (Phi) is 7.63. The molecule has 1 aromatic heterocycles. The minimum atomic E-state index is -5.08. The van der Waals surface area contributed by atoms with Gasteiger partial charge in [-0.3, -0.25) is 9.69 Å². The van der Waals surface area contributed by atoms with Crippen molar-refractivity contribution in [3.05, 3.63) is 22.4 Å². The van der Waals surface area contributed by atoms with E-state index in [2.05, 4.69) is 21.7 Å². The van der Waals surface area contributed by atoms with Crippen LogP contribution in [0.25, 0.3) is 0 Å². The molecule has 152 valence electrons. The molecule has 0 aromatic carbocycles. The molecule has 1 N–H and O–H groups in total. The predicted octanol–water partition coefficient (Wildman–Crippen LogP) is 2.31. The Hall–Kier alpha value is -1.65. The average molecular weight is 408 g/mol. The third kappa shape index (κ3) is 6.18. The van der Waals surface area contributed by atoms with Crippen molar-refractivity contribution in [2.45, 2.75) is 19.1 Å². The molecule has 6 nitrogen and oxygen atoms in total. The van der Waals surface area contributed by atoms with Gasteiger partial charge in [-0.1, -0.05) is 0 Å². The number of halogens is 3. The standard InChI is InChI=1S/C15H22N2O2S.C2HF3O2/c1-19-6-5-17-4-2-13-9-16(10-14(13)15(17)18)8-12-3-7-20-11-12;3-2(4,5)1(6)7/h3,7,11,13-14H,2,4-6,8-10H2,1H3;(H,6,7)/t13-,14-;/m0./s1. The molecule has 3 heterocycles. The van der Waals surface area contributed by atoms with E-state index in [4.69, 9.17) is 14.6 Å². The van der Waals surface area contributed by atoms with Crippen molar-refractivity contribution in [3.63, 3.8) is 0 Å². The van der Waals surface area contributed by atoms with Crippen LogP contribution in [0.4, 0.5) is 13.2 Å². The Balaban J connectivity index is 0.000000321. The second-order valence-electron chi connectivity index (χ2n) is 6.60. The minimum Gasteiger partial charge on any atom is -0.475 e. The largest absolute Gasteiger partial charge is 0.490 e. The zero-order valence-electron chi connectivity index (χ0n) is 14.9. The molecule has 0 spiro atoms. The highest BCUT2D eigenvalue weighted by atomic mass is 32.1. The number of hydrogen-bond acceptors (Lipinski definition) is 5. The smallest absolute Gasteiger partial charge is 0.475 e. The molecule has 2 atom stereocenters. The molecule has 2 aliphatic heterocycles. The fraction of sp³-hybridized carbons (Fsp3) is 0.647. The number of rotatable bonds is 5. The molecule has 27 heavy (non-hydrogen) atoms. The second kappa shape index (κ2) is 9.52. The van der Waals surface area contributed by atoms with E-state index in [1.807, 2.05) is 4.90 Å². The Morgan fingerprint density at radius 1 is 1.41 bits per heavy atom. The lowest BCUT2D eigenvalue weighted by atomic mass is 9.88. The number of piperidine rings is 1. The number of ether oxygens (including phenoxy) is 1. The second-order valence-corrected chi connectivity index (χ2v) is 7.38. The van der Waals surface area contributed by atoms with E-state index in [1.54, 1.807) is 18.4 Å². The first-order valence-corrected chi connectivity index (χ1v) is 9.48. The first-order chi connectivity index (χ1) is 12.7. The molecule has 1 aromatic rings. The van der Waals surface area contributed by atoms with Crippen molar-refractivity contribution < 1.29 is 32.6 Å². The predicted molar refractivity (Wildman–Crippen MR) is 93.3 cm³/mol. The summed E-state index contributed by atoms with van der Waals surface area (Å²) in [6, 6.07) is 2.18. The number of carbonyl (C=O) groups excluding carboxylic acids is 1. The van der Waals surface area contributed by atoms with E-state index in [9.17, 15) is 18.0 Å². The lowest BCUT2D eigenvalue weighted by molar-refractivity contribution is -0.192. The van der Waals surface area contributed by atoms with E-state index in [-0.39, 0.29) is 5.92 Å². The van der Waals surface area contributed by atoms with Crippen molar-refractivity contribution in [1.82, 2.24) is 9.80 Å². The molecule has 2 saturated heterocycles. The number of thiophene rings is 1. The Morgan fingerprint density at radius 3 is 2.67 bits per heavy atom. The van der Waals surface area contributed by atoms with Crippen LogP contribution in [-0.2, 0) is 20.9 Å². The van der Waals surface area contributed by atoms with E-state index < -0.39 is 12.1 Å². The number of hydrogen-bond donors (Lipinski definition) is 1. The SMILES string of the molecule is COCCN1CC[C@H]2CN(Cc3ccsc3)C[C@@H]2C1=O.O=C(O)C(F)(F)F. The van der Waals surface area contributed by atoms with Gasteiger partial charge in [0, 0.05) is 39.8 Å². The fourth-order valence-electron chi connectivity index (χ4n) is 3.39. The Morgan fingerprint density at radius 2 is 2.11 bits per heavy atom. The van der Waals surface area contributed by atoms with Crippen LogP contribution in [0.2, 0.25) is 0 Å². The molecule has 3 rings (SSSR count). The first-order valence-electron chi connectivity index (χ1n) is 8.53. The number of fused-ring (bicyclic) bond motifs is 1. The number of carbonyl (C=O) groups is 2. The highest BCUT2D eigenvalue weighted by Gasteiger charge is 2.42. The van der Waals surface area contributed by atoms with Gasteiger partial charge in [-0.15, -0.1) is 0 Å². The molecule has 0 bridgehead atoms. The highest BCUT2D eigenvalue weighted by molar-refractivity contribution is 7.07. The molecule has 0 unspecified atom stereocenters. The zero-order chi connectivity index (χ0) is 20.0. The van der Waals surface area contributed by atoms with Crippen LogP contribution in [0, 0.1) is 11.8 Å². The molecule has 0 radical (unpaired) electrons. The molecule has 1 amide bonds. The summed E-state index contributed by atoms with van der Waals surface area (Å²) >= 11 is 1.74. The van der Waals surface area contributed by atoms with E-state index in [0.717, 1.165) is 39.1 Å². The van der Waals surface area contributed by atoms with Gasteiger partial charge < -0.3 is 14.7 Å². The van der Waals surface area contributed by atoms with Gasteiger partial charge in [0.2, 0.25) is 5.91 Å². The Labute approximate surface area is 159 Å². The number of amides is 1. The van der Waals surface area contributed by atoms with Gasteiger partial charge in [0.05, 0.1) is 12.5 Å². The van der Waals surface area contributed by atoms with Crippen LogP contribution in [-0.4, -0.2) is 72.9 Å². The molecule has 0 aliphatic carbocycles. The lowest BCUT2D eigenvalue weighted by Gasteiger charge is -2.33. The number of nitrogens with zero attached hydrogens (tertiary/aromatic N) is 2. The lowest BCUT2D eigenvalue weighted by Crippen LogP contribution is -2.46. The van der Waals surface area contributed by atoms with Crippen molar-refractivity contribution in [3.8, 4) is 0 Å². The third-order valence-electron chi connectivity index (χ3n) is 4.71. The monoisotopic (exact) mass is 408 g/mol. The molecular weight excluding hydrogens is 385 g/mol. The maximum Gasteiger partial charge on any atom is 0.490 e. The topological polar surface area (TPSA) is 70.1 Å². The molecule has 2 aliphatic rings. The number of alkyl halides is 3. The van der Waals surface area contributed by atoms with E-state index in [0.29, 0.717) is 18.4 Å². The maximum absolute atomic E-state index is 12.5. The fourth-order valence-corrected chi connectivity index (χ4v) is 4.05. The molecule has 2 fully saturated rings. The van der Waals surface area contributed by atoms with Crippen molar-refractivity contribution in [1.29, 1.82) is 0 Å². The summed E-state index contributed by atoms with van der Waals surface area (Å²) in [6.07, 6.45) is -3.94. The molecular formula is C17H23F3N2O4S.